The van der Waals surface area contributed by atoms with Crippen LogP contribution in [0.5, 0.6) is 0 Å². The predicted octanol–water partition coefficient (Wildman–Crippen LogP) is 2.13. The van der Waals surface area contributed by atoms with E-state index in [1.807, 2.05) is 0 Å². The molecular weight excluding hydrogens is 337 g/mol. The molecule has 4 rings (SSSR count). The highest BCUT2D eigenvalue weighted by Gasteiger charge is 2.16. The second kappa shape index (κ2) is 6.07. The highest BCUT2D eigenvalue weighted by Crippen LogP contribution is 2.15. The van der Waals surface area contributed by atoms with Crippen molar-refractivity contribution in [2.45, 2.75) is 13.5 Å². The molecule has 1 N–H and O–H groups in total. The van der Waals surface area contributed by atoms with E-state index in [-0.39, 0.29) is 17.8 Å². The summed E-state index contributed by atoms with van der Waals surface area (Å²) < 4.78 is 16.5. The maximum absolute atomic E-state index is 13.7. The predicted molar refractivity (Wildman–Crippen MR) is 94.5 cm³/mol. The third kappa shape index (κ3) is 2.61. The SMILES string of the molecule is Cc1cc2c(=O)n(CC(=O)Nc3ccccc3F)c3cccnc3n2n1. The molecule has 1 amide bonds. The first kappa shape index (κ1) is 15.9. The van der Waals surface area contributed by atoms with Crippen molar-refractivity contribution < 1.29 is 9.18 Å². The lowest BCUT2D eigenvalue weighted by molar-refractivity contribution is -0.116. The molecule has 0 aliphatic carbocycles. The Hall–Kier alpha value is -3.55. The monoisotopic (exact) mass is 351 g/mol. The summed E-state index contributed by atoms with van der Waals surface area (Å²) in [5.41, 5.74) is 1.63. The standard InChI is InChI=1S/C18H14FN5O2/c1-11-9-15-18(26)23(14-7-4-8-20-17(14)24(15)22-11)10-16(25)21-13-6-3-2-5-12(13)19/h2-9H,10H2,1H3,(H,21,25). The lowest BCUT2D eigenvalue weighted by atomic mass is 10.3. The van der Waals surface area contributed by atoms with E-state index in [2.05, 4.69) is 15.4 Å². The third-order valence-electron chi connectivity index (χ3n) is 4.00. The van der Waals surface area contributed by atoms with Gasteiger partial charge in [-0.1, -0.05) is 12.1 Å². The summed E-state index contributed by atoms with van der Waals surface area (Å²) in [5.74, 6) is -1.05. The molecule has 0 atom stereocenters. The summed E-state index contributed by atoms with van der Waals surface area (Å²) in [4.78, 5) is 29.5. The Labute approximate surface area is 146 Å². The van der Waals surface area contributed by atoms with E-state index in [4.69, 9.17) is 0 Å². The number of para-hydroxylation sites is 1. The van der Waals surface area contributed by atoms with Crippen LogP contribution < -0.4 is 10.9 Å². The van der Waals surface area contributed by atoms with Gasteiger partial charge in [-0.3, -0.25) is 14.2 Å². The number of halogens is 1. The number of carbonyl (C=O) groups excluding carboxylic acids is 1. The normalized spacial score (nSPS) is 11.2. The van der Waals surface area contributed by atoms with Crippen LogP contribution in [0.25, 0.3) is 16.7 Å². The fourth-order valence-electron chi connectivity index (χ4n) is 2.88. The fraction of sp³-hybridized carbons (Fsp3) is 0.111. The molecule has 7 nitrogen and oxygen atoms in total. The van der Waals surface area contributed by atoms with Gasteiger partial charge in [0.05, 0.1) is 16.9 Å². The lowest BCUT2D eigenvalue weighted by Crippen LogP contribution is -2.29. The Bertz CT molecular complexity index is 1210. The second-order valence-electron chi connectivity index (χ2n) is 5.85. The molecular formula is C18H14FN5O2. The number of nitrogens with one attached hydrogen (secondary N) is 1. The van der Waals surface area contributed by atoms with E-state index < -0.39 is 11.7 Å². The molecule has 0 aliphatic rings. The average molecular weight is 351 g/mol. The minimum absolute atomic E-state index is 0.0641. The summed E-state index contributed by atoms with van der Waals surface area (Å²) >= 11 is 0. The first-order chi connectivity index (χ1) is 12.5. The summed E-state index contributed by atoms with van der Waals surface area (Å²) in [6.07, 6.45) is 1.59. The highest BCUT2D eigenvalue weighted by atomic mass is 19.1. The number of benzene rings is 1. The number of fused-ring (bicyclic) bond motifs is 3. The van der Waals surface area contributed by atoms with E-state index in [1.54, 1.807) is 37.4 Å². The topological polar surface area (TPSA) is 81.3 Å². The van der Waals surface area contributed by atoms with Gasteiger partial charge >= 0.3 is 0 Å². The van der Waals surface area contributed by atoms with Crippen molar-refractivity contribution >= 4 is 28.3 Å². The van der Waals surface area contributed by atoms with E-state index in [1.165, 1.54) is 27.3 Å². The number of rotatable bonds is 3. The maximum Gasteiger partial charge on any atom is 0.277 e. The number of nitrogens with zero attached hydrogens (tertiary/aromatic N) is 4. The fourth-order valence-corrected chi connectivity index (χ4v) is 2.88. The van der Waals surface area contributed by atoms with Crippen LogP contribution in [0.4, 0.5) is 10.1 Å². The van der Waals surface area contributed by atoms with Gasteiger partial charge in [-0.25, -0.2) is 13.9 Å². The van der Waals surface area contributed by atoms with Crippen LogP contribution in [-0.2, 0) is 11.3 Å². The number of aryl methyl sites for hydroxylation is 1. The van der Waals surface area contributed by atoms with E-state index in [0.717, 1.165) is 0 Å². The minimum Gasteiger partial charge on any atom is -0.322 e. The van der Waals surface area contributed by atoms with Crippen molar-refractivity contribution in [3.63, 3.8) is 0 Å². The molecule has 4 aromatic rings. The Morgan fingerprint density at radius 3 is 2.81 bits per heavy atom. The van der Waals surface area contributed by atoms with Gasteiger partial charge in [0.2, 0.25) is 5.91 Å². The van der Waals surface area contributed by atoms with Crippen molar-refractivity contribution in [1.29, 1.82) is 0 Å². The van der Waals surface area contributed by atoms with Crippen LogP contribution in [0.3, 0.4) is 0 Å². The quantitative estimate of drug-likeness (QED) is 0.613. The molecule has 130 valence electrons. The number of carbonyl (C=O) groups is 1. The third-order valence-corrected chi connectivity index (χ3v) is 4.00. The number of hydrogen-bond donors (Lipinski definition) is 1. The van der Waals surface area contributed by atoms with Crippen LogP contribution in [-0.4, -0.2) is 25.1 Å². The Kier molecular flexibility index (Phi) is 3.72. The van der Waals surface area contributed by atoms with Gasteiger partial charge in [0.25, 0.3) is 5.56 Å². The molecule has 1 aromatic carbocycles. The Morgan fingerprint density at radius 2 is 2.00 bits per heavy atom. The van der Waals surface area contributed by atoms with Crippen LogP contribution >= 0.6 is 0 Å². The minimum atomic E-state index is -0.540. The number of anilines is 1. The summed E-state index contributed by atoms with van der Waals surface area (Å²) in [6, 6.07) is 10.9. The summed E-state index contributed by atoms with van der Waals surface area (Å²) in [6.45, 7) is 1.51. The smallest absolute Gasteiger partial charge is 0.277 e. The molecule has 0 bridgehead atoms. The molecule has 0 radical (unpaired) electrons. The van der Waals surface area contributed by atoms with Gasteiger partial charge in [0.15, 0.2) is 5.65 Å². The van der Waals surface area contributed by atoms with Gasteiger partial charge in [0.1, 0.15) is 17.9 Å². The summed E-state index contributed by atoms with van der Waals surface area (Å²) in [7, 11) is 0. The average Bonchev–Trinajstić information content (AvgIpc) is 3.03. The molecule has 26 heavy (non-hydrogen) atoms. The van der Waals surface area contributed by atoms with Crippen LogP contribution in [0.15, 0.2) is 53.5 Å². The number of pyridine rings is 1. The molecule has 0 aliphatic heterocycles. The summed E-state index contributed by atoms with van der Waals surface area (Å²) in [5, 5.41) is 6.78. The van der Waals surface area contributed by atoms with Crippen molar-refractivity contribution in [2.24, 2.45) is 0 Å². The highest BCUT2D eigenvalue weighted by molar-refractivity contribution is 5.91. The van der Waals surface area contributed by atoms with E-state index in [9.17, 15) is 14.0 Å². The van der Waals surface area contributed by atoms with Crippen molar-refractivity contribution in [1.82, 2.24) is 19.2 Å². The molecule has 0 saturated heterocycles. The first-order valence-corrected chi connectivity index (χ1v) is 7.93. The van der Waals surface area contributed by atoms with Crippen LogP contribution in [0, 0.1) is 12.7 Å². The van der Waals surface area contributed by atoms with Crippen molar-refractivity contribution in [3.05, 3.63) is 70.5 Å². The van der Waals surface area contributed by atoms with Crippen LogP contribution in [0.2, 0.25) is 0 Å². The zero-order valence-electron chi connectivity index (χ0n) is 13.8. The molecule has 0 spiro atoms. The first-order valence-electron chi connectivity index (χ1n) is 7.93. The zero-order valence-corrected chi connectivity index (χ0v) is 13.8. The van der Waals surface area contributed by atoms with Gasteiger partial charge in [-0.05, 0) is 37.3 Å². The molecule has 8 heteroatoms. The van der Waals surface area contributed by atoms with Gasteiger partial charge in [-0.2, -0.15) is 5.10 Å². The lowest BCUT2D eigenvalue weighted by Gasteiger charge is -2.11. The zero-order chi connectivity index (χ0) is 18.3. The molecule has 3 heterocycles. The number of hydrogen-bond acceptors (Lipinski definition) is 4. The molecule has 3 aromatic heterocycles. The van der Waals surface area contributed by atoms with Crippen molar-refractivity contribution in [3.8, 4) is 0 Å². The van der Waals surface area contributed by atoms with Crippen LogP contribution in [0.1, 0.15) is 5.69 Å². The Morgan fingerprint density at radius 1 is 1.19 bits per heavy atom. The maximum atomic E-state index is 13.7. The molecule has 0 saturated carbocycles. The van der Waals surface area contributed by atoms with Gasteiger partial charge in [0, 0.05) is 6.20 Å². The number of amides is 1. The number of aromatic nitrogens is 4. The Balaban J connectivity index is 1.80. The second-order valence-corrected chi connectivity index (χ2v) is 5.85. The molecule has 0 unspecified atom stereocenters. The van der Waals surface area contributed by atoms with E-state index in [0.29, 0.717) is 22.4 Å². The van der Waals surface area contributed by atoms with Gasteiger partial charge in [-0.15, -0.1) is 0 Å². The largest absolute Gasteiger partial charge is 0.322 e. The molecule has 0 fully saturated rings. The van der Waals surface area contributed by atoms with Crippen molar-refractivity contribution in [2.75, 3.05) is 5.32 Å². The van der Waals surface area contributed by atoms with E-state index >= 15 is 0 Å². The van der Waals surface area contributed by atoms with Gasteiger partial charge < -0.3 is 5.32 Å².